The van der Waals surface area contributed by atoms with Crippen LogP contribution in [-0.4, -0.2) is 77.2 Å². The zero-order chi connectivity index (χ0) is 29.7. The first-order valence-corrected chi connectivity index (χ1v) is 13.5. The van der Waals surface area contributed by atoms with Crippen LogP contribution in [0.25, 0.3) is 0 Å². The van der Waals surface area contributed by atoms with Crippen molar-refractivity contribution in [3.05, 3.63) is 53.9 Å². The molecular weight excluding hydrogens is 512 g/mol. The van der Waals surface area contributed by atoms with E-state index in [-0.39, 0.29) is 17.9 Å². The zero-order valence-electron chi connectivity index (χ0n) is 24.8. The van der Waals surface area contributed by atoms with Crippen molar-refractivity contribution in [2.45, 2.75) is 77.6 Å². The van der Waals surface area contributed by atoms with Crippen LogP contribution in [0.3, 0.4) is 0 Å². The van der Waals surface area contributed by atoms with E-state index in [2.05, 4.69) is 10.3 Å². The molecule has 1 aromatic heterocycles. The van der Waals surface area contributed by atoms with E-state index in [1.165, 1.54) is 14.2 Å². The Labute approximate surface area is 237 Å². The quantitative estimate of drug-likeness (QED) is 0.533. The van der Waals surface area contributed by atoms with Gasteiger partial charge in [0.15, 0.2) is 0 Å². The number of methoxy groups -OCH3 is 2. The first-order chi connectivity index (χ1) is 18.7. The standard InChI is InChI=1S/C30H42N4O6/c1-29(2,3)32-26(35)25(20-10-9-15-31-19-20)34(27(36)23-12-11-22(38-7)18-24(23)39-8)21-13-16-33(17-14-21)28(37)40-30(4,5)6/h9-12,15,18-19,21,25H,13-14,16-17H2,1-8H3,(H,32,35). The van der Waals surface area contributed by atoms with Gasteiger partial charge in [-0.25, -0.2) is 4.79 Å². The van der Waals surface area contributed by atoms with Gasteiger partial charge in [-0.1, -0.05) is 6.07 Å². The van der Waals surface area contributed by atoms with Crippen molar-refractivity contribution in [3.63, 3.8) is 0 Å². The van der Waals surface area contributed by atoms with Gasteiger partial charge in [0.1, 0.15) is 23.1 Å². The lowest BCUT2D eigenvalue weighted by Gasteiger charge is -2.42. The lowest BCUT2D eigenvalue weighted by atomic mass is 9.95. The summed E-state index contributed by atoms with van der Waals surface area (Å²) in [6.45, 7) is 11.9. The van der Waals surface area contributed by atoms with Crippen LogP contribution < -0.4 is 14.8 Å². The highest BCUT2D eigenvalue weighted by Gasteiger charge is 2.41. The molecule has 2 heterocycles. The monoisotopic (exact) mass is 554 g/mol. The molecule has 40 heavy (non-hydrogen) atoms. The maximum absolute atomic E-state index is 14.4. The molecule has 1 unspecified atom stereocenters. The average molecular weight is 555 g/mol. The Hall–Kier alpha value is -3.82. The van der Waals surface area contributed by atoms with Gasteiger partial charge >= 0.3 is 6.09 Å². The fraction of sp³-hybridized carbons (Fsp3) is 0.533. The Morgan fingerprint density at radius 3 is 2.23 bits per heavy atom. The number of nitrogens with one attached hydrogen (secondary N) is 1. The molecule has 218 valence electrons. The molecule has 0 spiro atoms. The predicted octanol–water partition coefficient (Wildman–Crippen LogP) is 4.60. The molecule has 1 atom stereocenters. The second-order valence-electron chi connectivity index (χ2n) is 11.9. The van der Waals surface area contributed by atoms with Crippen LogP contribution in [0.1, 0.15) is 76.3 Å². The molecule has 1 aliphatic heterocycles. The first kappa shape index (κ1) is 30.7. The second-order valence-corrected chi connectivity index (χ2v) is 11.9. The number of benzene rings is 1. The minimum atomic E-state index is -0.967. The number of rotatable bonds is 7. The Balaban J connectivity index is 2.06. The Bertz CT molecular complexity index is 1180. The van der Waals surface area contributed by atoms with Crippen molar-refractivity contribution < 1.29 is 28.6 Å². The van der Waals surface area contributed by atoms with Gasteiger partial charge in [-0.2, -0.15) is 0 Å². The molecule has 1 N–H and O–H groups in total. The van der Waals surface area contributed by atoms with Crippen LogP contribution >= 0.6 is 0 Å². The van der Waals surface area contributed by atoms with Gasteiger partial charge in [-0.3, -0.25) is 14.6 Å². The normalized spacial score (nSPS) is 15.2. The number of carbonyl (C=O) groups is 3. The van der Waals surface area contributed by atoms with Crippen LogP contribution in [0.2, 0.25) is 0 Å². The smallest absolute Gasteiger partial charge is 0.410 e. The van der Waals surface area contributed by atoms with Gasteiger partial charge in [-0.05, 0) is 72.6 Å². The summed E-state index contributed by atoms with van der Waals surface area (Å²) in [5, 5.41) is 3.05. The van der Waals surface area contributed by atoms with Crippen molar-refractivity contribution in [2.24, 2.45) is 0 Å². The van der Waals surface area contributed by atoms with Gasteiger partial charge in [0.25, 0.3) is 5.91 Å². The third-order valence-corrected chi connectivity index (χ3v) is 6.41. The molecule has 10 heteroatoms. The Kier molecular flexibility index (Phi) is 9.65. The van der Waals surface area contributed by atoms with Crippen LogP contribution in [-0.2, 0) is 9.53 Å². The van der Waals surface area contributed by atoms with Gasteiger partial charge in [0, 0.05) is 48.7 Å². The molecule has 0 radical (unpaired) electrons. The molecule has 1 aromatic carbocycles. The Morgan fingerprint density at radius 2 is 1.70 bits per heavy atom. The summed E-state index contributed by atoms with van der Waals surface area (Å²) in [4.78, 5) is 48.5. The number of nitrogens with zero attached hydrogens (tertiary/aromatic N) is 3. The van der Waals surface area contributed by atoms with E-state index < -0.39 is 23.3 Å². The number of aromatic nitrogens is 1. The summed E-state index contributed by atoms with van der Waals surface area (Å²) in [6.07, 6.45) is 3.76. The number of hydrogen-bond donors (Lipinski definition) is 1. The molecular formula is C30H42N4O6. The van der Waals surface area contributed by atoms with Crippen molar-refractivity contribution in [2.75, 3.05) is 27.3 Å². The van der Waals surface area contributed by atoms with Gasteiger partial charge in [0.05, 0.1) is 19.8 Å². The summed E-state index contributed by atoms with van der Waals surface area (Å²) in [7, 11) is 3.02. The van der Waals surface area contributed by atoms with E-state index in [4.69, 9.17) is 14.2 Å². The van der Waals surface area contributed by atoms with Crippen LogP contribution in [0.5, 0.6) is 11.5 Å². The average Bonchev–Trinajstić information content (AvgIpc) is 2.89. The van der Waals surface area contributed by atoms with E-state index >= 15 is 0 Å². The molecule has 1 fully saturated rings. The fourth-order valence-electron chi connectivity index (χ4n) is 4.68. The summed E-state index contributed by atoms with van der Waals surface area (Å²) in [5.41, 5.74) is -0.267. The lowest BCUT2D eigenvalue weighted by molar-refractivity contribution is -0.128. The number of piperidine rings is 1. The molecule has 0 aliphatic carbocycles. The molecule has 2 aromatic rings. The first-order valence-electron chi connectivity index (χ1n) is 13.5. The van der Waals surface area contributed by atoms with E-state index in [9.17, 15) is 14.4 Å². The molecule has 1 aliphatic rings. The molecule has 0 bridgehead atoms. The van der Waals surface area contributed by atoms with Gasteiger partial charge in [0.2, 0.25) is 5.91 Å². The van der Waals surface area contributed by atoms with Crippen LogP contribution in [0.15, 0.2) is 42.7 Å². The molecule has 0 saturated carbocycles. The number of amides is 3. The van der Waals surface area contributed by atoms with Crippen molar-refractivity contribution >= 4 is 17.9 Å². The number of pyridine rings is 1. The molecule has 3 amide bonds. The SMILES string of the molecule is COc1ccc(C(=O)N(C2CCN(C(=O)OC(C)(C)C)CC2)C(C(=O)NC(C)(C)C)c2cccnc2)c(OC)c1. The fourth-order valence-corrected chi connectivity index (χ4v) is 4.68. The summed E-state index contributed by atoms with van der Waals surface area (Å²) < 4.78 is 16.4. The third kappa shape index (κ3) is 7.86. The highest BCUT2D eigenvalue weighted by Crippen LogP contribution is 2.34. The summed E-state index contributed by atoms with van der Waals surface area (Å²) in [6, 6.07) is 7.19. The number of ether oxygens (including phenoxy) is 3. The van der Waals surface area contributed by atoms with Crippen LogP contribution in [0, 0.1) is 0 Å². The third-order valence-electron chi connectivity index (χ3n) is 6.41. The number of likely N-dealkylation sites (tertiary alicyclic amines) is 1. The topological polar surface area (TPSA) is 110 Å². The van der Waals surface area contributed by atoms with E-state index in [0.29, 0.717) is 48.6 Å². The zero-order valence-corrected chi connectivity index (χ0v) is 24.8. The largest absolute Gasteiger partial charge is 0.497 e. The summed E-state index contributed by atoms with van der Waals surface area (Å²) in [5.74, 6) is 0.186. The maximum atomic E-state index is 14.4. The minimum Gasteiger partial charge on any atom is -0.497 e. The maximum Gasteiger partial charge on any atom is 0.410 e. The van der Waals surface area contributed by atoms with Crippen molar-refractivity contribution in [1.82, 2.24) is 20.1 Å². The van der Waals surface area contributed by atoms with Gasteiger partial charge in [-0.15, -0.1) is 0 Å². The summed E-state index contributed by atoms with van der Waals surface area (Å²) >= 11 is 0. The van der Waals surface area contributed by atoms with Crippen LogP contribution in [0.4, 0.5) is 4.79 Å². The molecule has 1 saturated heterocycles. The molecule has 3 rings (SSSR count). The van der Waals surface area contributed by atoms with Gasteiger partial charge < -0.3 is 29.3 Å². The van der Waals surface area contributed by atoms with E-state index in [1.54, 1.807) is 52.5 Å². The Morgan fingerprint density at radius 1 is 1.02 bits per heavy atom. The lowest BCUT2D eigenvalue weighted by Crippen LogP contribution is -2.55. The number of carbonyl (C=O) groups excluding carboxylic acids is 3. The highest BCUT2D eigenvalue weighted by molar-refractivity contribution is 6.00. The van der Waals surface area contributed by atoms with Crippen molar-refractivity contribution in [3.8, 4) is 11.5 Å². The van der Waals surface area contributed by atoms with E-state index in [0.717, 1.165) is 0 Å². The minimum absolute atomic E-state index is 0.301. The highest BCUT2D eigenvalue weighted by atomic mass is 16.6. The molecule has 10 nitrogen and oxygen atoms in total. The predicted molar refractivity (Wildman–Crippen MR) is 151 cm³/mol. The second kappa shape index (κ2) is 12.6. The van der Waals surface area contributed by atoms with Crippen molar-refractivity contribution in [1.29, 1.82) is 0 Å². The van der Waals surface area contributed by atoms with E-state index in [1.807, 2.05) is 41.5 Å². The number of hydrogen-bond acceptors (Lipinski definition) is 7.